The molecule has 1 aliphatic heterocycles. The molecule has 19 heavy (non-hydrogen) atoms. The maximum Gasteiger partial charge on any atom is 0.146 e. The molecular formula is C16H14ClNO. The standard InChI is InChI=1S/C16H14ClNO/c17-14-7-3-1-5-11(14)9-16(19)13-10-18-15-8-4-2-6-12(13)15/h1-8,13,18H,9-10H2. The first-order valence-electron chi connectivity index (χ1n) is 6.34. The Bertz CT molecular complexity index is 624. The third-order valence-corrected chi connectivity index (χ3v) is 3.91. The van der Waals surface area contributed by atoms with Crippen LogP contribution in [0.25, 0.3) is 0 Å². The van der Waals surface area contributed by atoms with Gasteiger partial charge in [-0.3, -0.25) is 4.79 Å². The van der Waals surface area contributed by atoms with Gasteiger partial charge in [-0.25, -0.2) is 0 Å². The zero-order chi connectivity index (χ0) is 13.2. The number of Topliss-reactive ketones (excluding diaryl/α,β-unsaturated/α-hetero) is 1. The first-order valence-corrected chi connectivity index (χ1v) is 6.72. The number of rotatable bonds is 3. The van der Waals surface area contributed by atoms with E-state index >= 15 is 0 Å². The van der Waals surface area contributed by atoms with Gasteiger partial charge < -0.3 is 5.32 Å². The van der Waals surface area contributed by atoms with Crippen LogP contribution in [-0.4, -0.2) is 12.3 Å². The van der Waals surface area contributed by atoms with Crippen molar-refractivity contribution in [1.29, 1.82) is 0 Å². The number of ketones is 1. The van der Waals surface area contributed by atoms with Crippen LogP contribution in [0.5, 0.6) is 0 Å². The third kappa shape index (κ3) is 2.36. The molecule has 2 aromatic rings. The normalized spacial score (nSPS) is 16.8. The lowest BCUT2D eigenvalue weighted by atomic mass is 9.93. The number of fused-ring (bicyclic) bond motifs is 1. The van der Waals surface area contributed by atoms with Gasteiger partial charge in [0.05, 0.1) is 5.92 Å². The monoisotopic (exact) mass is 271 g/mol. The number of anilines is 1. The molecule has 0 bridgehead atoms. The molecule has 0 saturated carbocycles. The van der Waals surface area contributed by atoms with Crippen molar-refractivity contribution in [2.24, 2.45) is 0 Å². The molecule has 0 spiro atoms. The third-order valence-electron chi connectivity index (χ3n) is 3.54. The quantitative estimate of drug-likeness (QED) is 0.923. The molecule has 0 aromatic heterocycles. The second kappa shape index (κ2) is 5.06. The van der Waals surface area contributed by atoms with Gasteiger partial charge in [0, 0.05) is 23.7 Å². The number of benzene rings is 2. The van der Waals surface area contributed by atoms with Gasteiger partial charge in [-0.2, -0.15) is 0 Å². The number of hydrogen-bond donors (Lipinski definition) is 1. The largest absolute Gasteiger partial charge is 0.384 e. The predicted molar refractivity (Wildman–Crippen MR) is 77.8 cm³/mol. The van der Waals surface area contributed by atoms with Crippen LogP contribution in [0, 0.1) is 0 Å². The van der Waals surface area contributed by atoms with Crippen molar-refractivity contribution < 1.29 is 4.79 Å². The van der Waals surface area contributed by atoms with E-state index in [1.165, 1.54) is 0 Å². The van der Waals surface area contributed by atoms with E-state index in [0.29, 0.717) is 18.0 Å². The summed E-state index contributed by atoms with van der Waals surface area (Å²) in [4.78, 5) is 12.4. The molecule has 2 nitrogen and oxygen atoms in total. The first kappa shape index (κ1) is 12.2. The molecule has 1 atom stereocenters. The molecule has 96 valence electrons. The van der Waals surface area contributed by atoms with Crippen molar-refractivity contribution >= 4 is 23.1 Å². The van der Waals surface area contributed by atoms with Crippen molar-refractivity contribution in [1.82, 2.24) is 0 Å². The van der Waals surface area contributed by atoms with Crippen LogP contribution >= 0.6 is 11.6 Å². The Labute approximate surface area is 117 Å². The van der Waals surface area contributed by atoms with E-state index in [1.54, 1.807) is 0 Å². The van der Waals surface area contributed by atoms with E-state index in [4.69, 9.17) is 11.6 Å². The van der Waals surface area contributed by atoms with Gasteiger partial charge in [0.2, 0.25) is 0 Å². The summed E-state index contributed by atoms with van der Waals surface area (Å²) in [6.07, 6.45) is 0.389. The number of halogens is 1. The number of carbonyl (C=O) groups is 1. The maximum atomic E-state index is 12.4. The van der Waals surface area contributed by atoms with Crippen molar-refractivity contribution in [2.75, 3.05) is 11.9 Å². The minimum Gasteiger partial charge on any atom is -0.384 e. The average molecular weight is 272 g/mol. The Kier molecular flexibility index (Phi) is 3.26. The second-order valence-electron chi connectivity index (χ2n) is 4.76. The highest BCUT2D eigenvalue weighted by atomic mass is 35.5. The van der Waals surface area contributed by atoms with Crippen LogP contribution < -0.4 is 5.32 Å². The topological polar surface area (TPSA) is 29.1 Å². The fourth-order valence-corrected chi connectivity index (χ4v) is 2.73. The smallest absolute Gasteiger partial charge is 0.146 e. The second-order valence-corrected chi connectivity index (χ2v) is 5.16. The summed E-state index contributed by atoms with van der Waals surface area (Å²) in [7, 11) is 0. The van der Waals surface area contributed by atoms with Gasteiger partial charge in [-0.05, 0) is 23.3 Å². The Morgan fingerprint density at radius 2 is 1.89 bits per heavy atom. The molecule has 0 saturated heterocycles. The van der Waals surface area contributed by atoms with Gasteiger partial charge in [-0.15, -0.1) is 0 Å². The summed E-state index contributed by atoms with van der Waals surface area (Å²) in [5.74, 6) is 0.151. The molecule has 0 aliphatic carbocycles. The molecule has 1 unspecified atom stereocenters. The Hall–Kier alpha value is -1.80. The molecule has 0 amide bonds. The highest BCUT2D eigenvalue weighted by molar-refractivity contribution is 6.31. The molecule has 2 aromatic carbocycles. The van der Waals surface area contributed by atoms with Gasteiger partial charge in [0.1, 0.15) is 5.78 Å². The zero-order valence-electron chi connectivity index (χ0n) is 10.4. The van der Waals surface area contributed by atoms with Crippen LogP contribution in [-0.2, 0) is 11.2 Å². The Morgan fingerprint density at radius 1 is 1.16 bits per heavy atom. The van der Waals surface area contributed by atoms with E-state index in [0.717, 1.165) is 16.8 Å². The predicted octanol–water partition coefficient (Wildman–Crippen LogP) is 3.66. The highest BCUT2D eigenvalue weighted by Gasteiger charge is 2.28. The first-order chi connectivity index (χ1) is 9.25. The van der Waals surface area contributed by atoms with E-state index in [2.05, 4.69) is 5.32 Å². The van der Waals surface area contributed by atoms with Gasteiger partial charge in [-0.1, -0.05) is 48.0 Å². The number of carbonyl (C=O) groups excluding carboxylic acids is 1. The lowest BCUT2D eigenvalue weighted by Gasteiger charge is -2.10. The molecule has 0 fully saturated rings. The maximum absolute atomic E-state index is 12.4. The SMILES string of the molecule is O=C(Cc1ccccc1Cl)C1CNc2ccccc21. The summed E-state index contributed by atoms with van der Waals surface area (Å²) in [5, 5.41) is 3.94. The van der Waals surface area contributed by atoms with Crippen molar-refractivity contribution in [3.05, 3.63) is 64.7 Å². The summed E-state index contributed by atoms with van der Waals surface area (Å²) in [5.41, 5.74) is 3.07. The summed E-state index contributed by atoms with van der Waals surface area (Å²) in [6.45, 7) is 0.683. The Balaban J connectivity index is 1.81. The fraction of sp³-hybridized carbons (Fsp3) is 0.188. The summed E-state index contributed by atoms with van der Waals surface area (Å²) >= 11 is 6.11. The number of para-hydroxylation sites is 1. The summed E-state index contributed by atoms with van der Waals surface area (Å²) in [6, 6.07) is 15.5. The Morgan fingerprint density at radius 3 is 2.74 bits per heavy atom. The average Bonchev–Trinajstić information content (AvgIpc) is 2.85. The van der Waals surface area contributed by atoms with E-state index in [9.17, 15) is 4.79 Å². The minimum atomic E-state index is -0.0625. The van der Waals surface area contributed by atoms with Crippen molar-refractivity contribution in [3.63, 3.8) is 0 Å². The lowest BCUT2D eigenvalue weighted by Crippen LogP contribution is -2.17. The lowest BCUT2D eigenvalue weighted by molar-refractivity contribution is -0.119. The van der Waals surface area contributed by atoms with Crippen molar-refractivity contribution in [2.45, 2.75) is 12.3 Å². The van der Waals surface area contributed by atoms with Gasteiger partial charge in [0.25, 0.3) is 0 Å². The number of nitrogens with one attached hydrogen (secondary N) is 1. The highest BCUT2D eigenvalue weighted by Crippen LogP contribution is 2.32. The van der Waals surface area contributed by atoms with Gasteiger partial charge in [0.15, 0.2) is 0 Å². The van der Waals surface area contributed by atoms with Crippen molar-refractivity contribution in [3.8, 4) is 0 Å². The molecule has 3 heteroatoms. The molecule has 1 N–H and O–H groups in total. The van der Waals surface area contributed by atoms with Crippen LogP contribution in [0.15, 0.2) is 48.5 Å². The van der Waals surface area contributed by atoms with Crippen LogP contribution in [0.1, 0.15) is 17.0 Å². The minimum absolute atomic E-state index is 0.0625. The number of hydrogen-bond acceptors (Lipinski definition) is 2. The van der Waals surface area contributed by atoms with Crippen LogP contribution in [0.4, 0.5) is 5.69 Å². The van der Waals surface area contributed by atoms with Gasteiger partial charge >= 0.3 is 0 Å². The van der Waals surface area contributed by atoms with E-state index in [-0.39, 0.29) is 11.7 Å². The van der Waals surface area contributed by atoms with Crippen LogP contribution in [0.2, 0.25) is 5.02 Å². The molecular weight excluding hydrogens is 258 g/mol. The molecule has 1 aliphatic rings. The molecule has 0 radical (unpaired) electrons. The van der Waals surface area contributed by atoms with E-state index < -0.39 is 0 Å². The summed E-state index contributed by atoms with van der Waals surface area (Å²) < 4.78 is 0. The van der Waals surface area contributed by atoms with Crippen LogP contribution in [0.3, 0.4) is 0 Å². The fourth-order valence-electron chi connectivity index (χ4n) is 2.52. The van der Waals surface area contributed by atoms with E-state index in [1.807, 2.05) is 48.5 Å². The zero-order valence-corrected chi connectivity index (χ0v) is 11.2. The molecule has 1 heterocycles. The molecule has 3 rings (SSSR count).